The lowest BCUT2D eigenvalue weighted by molar-refractivity contribution is -0.209. The van der Waals surface area contributed by atoms with Crippen LogP contribution in [0, 0.1) is 5.92 Å². The van der Waals surface area contributed by atoms with Crippen LogP contribution in [0.2, 0.25) is 18.1 Å². The molecule has 0 bridgehead atoms. The zero-order valence-electron chi connectivity index (χ0n) is 22.1. The van der Waals surface area contributed by atoms with Crippen LogP contribution < -0.4 is 0 Å². The van der Waals surface area contributed by atoms with Gasteiger partial charge in [-0.3, -0.25) is 4.79 Å². The zero-order chi connectivity index (χ0) is 26.3. The van der Waals surface area contributed by atoms with Gasteiger partial charge in [0.05, 0.1) is 13.7 Å². The molecule has 0 radical (unpaired) electrons. The minimum absolute atomic E-state index is 0.00426. The van der Waals surface area contributed by atoms with Crippen LogP contribution in [0.5, 0.6) is 0 Å². The normalized spacial score (nSPS) is 25.2. The van der Waals surface area contributed by atoms with E-state index in [4.69, 9.17) is 23.4 Å². The van der Waals surface area contributed by atoms with E-state index >= 15 is 0 Å². The topological polar surface area (TPSA) is 80.3 Å². The number of alkyl halides is 1. The fourth-order valence-electron chi connectivity index (χ4n) is 4.28. The Labute approximate surface area is 219 Å². The van der Waals surface area contributed by atoms with Crippen LogP contribution in [-0.4, -0.2) is 57.3 Å². The molecule has 0 N–H and O–H groups in total. The van der Waals surface area contributed by atoms with Gasteiger partial charge in [0.1, 0.15) is 19.0 Å². The summed E-state index contributed by atoms with van der Waals surface area (Å²) in [5, 5.41) is 0.574. The van der Waals surface area contributed by atoms with Gasteiger partial charge in [0, 0.05) is 24.6 Å². The third-order valence-corrected chi connectivity index (χ3v) is 12.0. The van der Waals surface area contributed by atoms with Gasteiger partial charge in [-0.2, -0.15) is 0 Å². The summed E-state index contributed by atoms with van der Waals surface area (Å²) in [5.74, 6) is -0.957. The molecule has 0 aliphatic heterocycles. The first-order chi connectivity index (χ1) is 16.3. The van der Waals surface area contributed by atoms with E-state index in [9.17, 15) is 9.59 Å². The molecule has 0 saturated heterocycles. The number of ether oxygens (including phenoxy) is 4. The second kappa shape index (κ2) is 12.8. The second-order valence-corrected chi connectivity index (χ2v) is 16.2. The molecule has 1 aromatic rings. The molecule has 1 aliphatic carbocycles. The van der Waals surface area contributed by atoms with Crippen molar-refractivity contribution in [2.24, 2.45) is 5.92 Å². The van der Waals surface area contributed by atoms with Crippen LogP contribution in [-0.2, 0) is 39.6 Å². The van der Waals surface area contributed by atoms with E-state index in [1.165, 1.54) is 14.0 Å². The van der Waals surface area contributed by atoms with Crippen molar-refractivity contribution in [2.75, 3.05) is 19.2 Å². The Bertz CT molecular complexity index is 827. The van der Waals surface area contributed by atoms with Gasteiger partial charge >= 0.3 is 11.9 Å². The third kappa shape index (κ3) is 8.11. The van der Waals surface area contributed by atoms with Gasteiger partial charge in [0.25, 0.3) is 0 Å². The largest absolute Gasteiger partial charge is 0.467 e. The number of carbonyl (C=O) groups is 2. The average molecular weight is 574 g/mol. The van der Waals surface area contributed by atoms with Crippen molar-refractivity contribution in [3.05, 3.63) is 35.9 Å². The van der Waals surface area contributed by atoms with Crippen LogP contribution in [0.4, 0.5) is 0 Å². The monoisotopic (exact) mass is 572 g/mol. The van der Waals surface area contributed by atoms with Gasteiger partial charge in [-0.05, 0) is 36.5 Å². The number of benzene rings is 1. The van der Waals surface area contributed by atoms with Crippen molar-refractivity contribution in [1.29, 1.82) is 0 Å². The van der Waals surface area contributed by atoms with Crippen LogP contribution in [0.3, 0.4) is 0 Å². The van der Waals surface area contributed by atoms with E-state index in [1.807, 2.05) is 30.3 Å². The molecule has 1 fully saturated rings. The summed E-state index contributed by atoms with van der Waals surface area (Å²) in [6.45, 7) is 12.4. The molecular formula is C26H41BrO7Si. The SMILES string of the molecule is COC(=O)[C@]1(O[Si](C)(C)C(C)(C)C)C[C@@H](CCBr)[C@@H](OC(C)=O)[C@H](OCOCc2ccccc2)C1. The fourth-order valence-corrected chi connectivity index (χ4v) is 6.40. The lowest BCUT2D eigenvalue weighted by Gasteiger charge is -2.50. The molecular weight excluding hydrogens is 532 g/mol. The molecule has 4 atom stereocenters. The highest BCUT2D eigenvalue weighted by Gasteiger charge is 2.57. The van der Waals surface area contributed by atoms with E-state index in [0.29, 0.717) is 24.8 Å². The van der Waals surface area contributed by atoms with Gasteiger partial charge in [-0.15, -0.1) is 0 Å². The summed E-state index contributed by atoms with van der Waals surface area (Å²) in [4.78, 5) is 25.3. The van der Waals surface area contributed by atoms with Gasteiger partial charge in [-0.1, -0.05) is 67.0 Å². The summed E-state index contributed by atoms with van der Waals surface area (Å²) in [7, 11) is -0.985. The van der Waals surface area contributed by atoms with E-state index in [2.05, 4.69) is 49.8 Å². The van der Waals surface area contributed by atoms with E-state index in [0.717, 1.165) is 5.56 Å². The Morgan fingerprint density at radius 2 is 1.80 bits per heavy atom. The summed E-state index contributed by atoms with van der Waals surface area (Å²) < 4.78 is 29.8. The van der Waals surface area contributed by atoms with Crippen LogP contribution >= 0.6 is 15.9 Å². The Kier molecular flexibility index (Phi) is 11.0. The number of esters is 2. The Morgan fingerprint density at radius 1 is 1.14 bits per heavy atom. The van der Waals surface area contributed by atoms with Crippen molar-refractivity contribution in [3.8, 4) is 0 Å². The minimum Gasteiger partial charge on any atom is -0.467 e. The number of halogens is 1. The Balaban J connectivity index is 2.33. The summed E-state index contributed by atoms with van der Waals surface area (Å²) >= 11 is 3.52. The van der Waals surface area contributed by atoms with E-state index in [-0.39, 0.29) is 30.1 Å². The van der Waals surface area contributed by atoms with Gasteiger partial charge < -0.3 is 23.4 Å². The molecule has 1 aromatic carbocycles. The molecule has 198 valence electrons. The van der Waals surface area contributed by atoms with Gasteiger partial charge in [0.15, 0.2) is 13.9 Å². The lowest BCUT2D eigenvalue weighted by Crippen LogP contribution is -2.61. The van der Waals surface area contributed by atoms with Crippen molar-refractivity contribution in [1.82, 2.24) is 0 Å². The predicted molar refractivity (Wildman–Crippen MR) is 141 cm³/mol. The highest BCUT2D eigenvalue weighted by molar-refractivity contribution is 9.09. The predicted octanol–water partition coefficient (Wildman–Crippen LogP) is 5.61. The quantitative estimate of drug-likeness (QED) is 0.112. The third-order valence-electron chi connectivity index (χ3n) is 7.03. The molecule has 0 heterocycles. The van der Waals surface area contributed by atoms with Crippen molar-refractivity contribution < 1.29 is 33.0 Å². The molecule has 1 saturated carbocycles. The molecule has 7 nitrogen and oxygen atoms in total. The minimum atomic E-state index is -2.37. The first-order valence-electron chi connectivity index (χ1n) is 12.1. The Hall–Kier alpha value is -1.26. The van der Waals surface area contributed by atoms with Crippen LogP contribution in [0.15, 0.2) is 30.3 Å². The zero-order valence-corrected chi connectivity index (χ0v) is 24.7. The molecule has 2 rings (SSSR count). The number of rotatable bonds is 11. The van der Waals surface area contributed by atoms with E-state index in [1.54, 1.807) is 0 Å². The first-order valence-corrected chi connectivity index (χ1v) is 16.1. The molecule has 35 heavy (non-hydrogen) atoms. The van der Waals surface area contributed by atoms with Crippen molar-refractivity contribution in [3.63, 3.8) is 0 Å². The highest BCUT2D eigenvalue weighted by Crippen LogP contribution is 2.47. The number of hydrogen-bond acceptors (Lipinski definition) is 7. The second-order valence-electron chi connectivity index (χ2n) is 10.7. The highest BCUT2D eigenvalue weighted by atomic mass is 79.9. The molecule has 1 aliphatic rings. The smallest absolute Gasteiger partial charge is 0.337 e. The fraction of sp³-hybridized carbons (Fsp3) is 0.692. The van der Waals surface area contributed by atoms with Crippen LogP contribution in [0.25, 0.3) is 0 Å². The molecule has 0 amide bonds. The maximum absolute atomic E-state index is 13.3. The molecule has 0 aromatic heterocycles. The van der Waals surface area contributed by atoms with Crippen LogP contribution in [0.1, 0.15) is 52.5 Å². The summed E-state index contributed by atoms with van der Waals surface area (Å²) in [5.41, 5.74) is -0.163. The van der Waals surface area contributed by atoms with E-state index < -0.39 is 32.1 Å². The summed E-state index contributed by atoms with van der Waals surface area (Å²) in [6.07, 6.45) is 0.183. The summed E-state index contributed by atoms with van der Waals surface area (Å²) in [6, 6.07) is 9.80. The average Bonchev–Trinajstić information content (AvgIpc) is 2.77. The molecule has 9 heteroatoms. The van der Waals surface area contributed by atoms with Crippen molar-refractivity contribution in [2.45, 2.75) is 89.5 Å². The first kappa shape index (κ1) is 30.0. The number of carbonyl (C=O) groups excluding carboxylic acids is 2. The van der Waals surface area contributed by atoms with Crippen molar-refractivity contribution >= 4 is 36.2 Å². The lowest BCUT2D eigenvalue weighted by atomic mass is 9.73. The number of methoxy groups -OCH3 is 1. The number of hydrogen-bond donors (Lipinski definition) is 0. The standard InChI is InChI=1S/C26H41BrO7Si/c1-19(28)33-23-21(13-14-27)15-26(24(29)30-5,34-35(6,7)25(2,3)4)16-22(23)32-18-31-17-20-11-9-8-10-12-20/h8-12,21-23H,13-18H2,1-7H3/t21-,22-,23-,26+/m1/s1. The maximum atomic E-state index is 13.3. The maximum Gasteiger partial charge on any atom is 0.337 e. The van der Waals surface area contributed by atoms with Gasteiger partial charge in [0.2, 0.25) is 0 Å². The molecule has 0 spiro atoms. The molecule has 0 unspecified atom stereocenters. The Morgan fingerprint density at radius 3 is 2.34 bits per heavy atom. The van der Waals surface area contributed by atoms with Gasteiger partial charge in [-0.25, -0.2) is 4.79 Å².